The number of halogens is 1. The fraction of sp³-hybridized carbons (Fsp3) is 0.353. The maximum absolute atomic E-state index is 11.0. The molecule has 0 radical (unpaired) electrons. The van der Waals surface area contributed by atoms with Crippen LogP contribution in [0.2, 0.25) is 5.02 Å². The summed E-state index contributed by atoms with van der Waals surface area (Å²) in [6.07, 6.45) is 0. The number of amides is 1. The van der Waals surface area contributed by atoms with Crippen LogP contribution in [0.1, 0.15) is 39.0 Å². The molecule has 2 aromatic heterocycles. The summed E-state index contributed by atoms with van der Waals surface area (Å²) in [5, 5.41) is 11.0. The zero-order valence-corrected chi connectivity index (χ0v) is 14.9. The van der Waals surface area contributed by atoms with Crippen LogP contribution in [0.5, 0.6) is 0 Å². The molecule has 1 amide bonds. The van der Waals surface area contributed by atoms with Gasteiger partial charge in [0.2, 0.25) is 5.91 Å². The second-order valence-corrected chi connectivity index (χ2v) is 7.21. The van der Waals surface area contributed by atoms with Crippen molar-refractivity contribution in [2.45, 2.75) is 39.7 Å². The van der Waals surface area contributed by atoms with Gasteiger partial charge in [-0.3, -0.25) is 9.89 Å². The predicted molar refractivity (Wildman–Crippen MR) is 94.0 cm³/mol. The number of carbonyl (C=O) groups excluding carboxylic acids is 1. The summed E-state index contributed by atoms with van der Waals surface area (Å²) in [4.78, 5) is 15.5. The molecular formula is C17H20ClN5O. The number of nitrogens with zero attached hydrogens (tertiary/aromatic N) is 3. The molecule has 2 heterocycles. The lowest BCUT2D eigenvalue weighted by Crippen LogP contribution is -2.18. The Kier molecular flexibility index (Phi) is 4.09. The van der Waals surface area contributed by atoms with E-state index in [2.05, 4.69) is 41.3 Å². The van der Waals surface area contributed by atoms with Gasteiger partial charge in [0.15, 0.2) is 11.5 Å². The van der Waals surface area contributed by atoms with Gasteiger partial charge in [-0.05, 0) is 5.56 Å². The summed E-state index contributed by atoms with van der Waals surface area (Å²) in [6, 6.07) is 7.76. The molecule has 7 heteroatoms. The SMILES string of the molecule is CC(=O)NCc1ccc(-c2nc3c(Cl)c(C(C)(C)C)[nH]n3n2)cc1. The first-order chi connectivity index (χ1) is 11.3. The zero-order valence-electron chi connectivity index (χ0n) is 14.1. The van der Waals surface area contributed by atoms with Gasteiger partial charge in [0.1, 0.15) is 5.02 Å². The van der Waals surface area contributed by atoms with Crippen LogP contribution < -0.4 is 5.32 Å². The van der Waals surface area contributed by atoms with Gasteiger partial charge in [0, 0.05) is 24.4 Å². The van der Waals surface area contributed by atoms with Crippen LogP contribution in [0.4, 0.5) is 0 Å². The molecule has 0 saturated heterocycles. The topological polar surface area (TPSA) is 75.1 Å². The average molecular weight is 346 g/mol. The van der Waals surface area contributed by atoms with E-state index >= 15 is 0 Å². The standard InChI is InChI=1S/C17H20ClN5O/c1-10(24)19-9-11-5-7-12(8-6-11)15-20-16-13(18)14(17(2,3)4)21-23(16)22-15/h5-8,21H,9H2,1-4H3,(H,19,24). The summed E-state index contributed by atoms with van der Waals surface area (Å²) in [7, 11) is 0. The van der Waals surface area contributed by atoms with Crippen LogP contribution in [-0.4, -0.2) is 25.7 Å². The minimum absolute atomic E-state index is 0.0478. The molecule has 0 unspecified atom stereocenters. The third-order valence-electron chi connectivity index (χ3n) is 3.74. The van der Waals surface area contributed by atoms with E-state index in [-0.39, 0.29) is 11.3 Å². The Hall–Kier alpha value is -2.34. The van der Waals surface area contributed by atoms with E-state index in [4.69, 9.17) is 11.6 Å². The molecule has 0 spiro atoms. The Bertz CT molecular complexity index is 886. The summed E-state index contributed by atoms with van der Waals surface area (Å²) in [5.41, 5.74) is 3.35. The highest BCUT2D eigenvalue weighted by molar-refractivity contribution is 6.34. The molecule has 3 rings (SSSR count). The third kappa shape index (κ3) is 3.14. The molecule has 2 N–H and O–H groups in total. The van der Waals surface area contributed by atoms with Crippen molar-refractivity contribution in [1.29, 1.82) is 0 Å². The average Bonchev–Trinajstić information content (AvgIpc) is 3.05. The predicted octanol–water partition coefficient (Wildman–Crippen LogP) is 3.31. The molecule has 0 atom stereocenters. The third-order valence-corrected chi connectivity index (χ3v) is 4.10. The van der Waals surface area contributed by atoms with Crippen molar-refractivity contribution in [3.63, 3.8) is 0 Å². The minimum Gasteiger partial charge on any atom is -0.352 e. The van der Waals surface area contributed by atoms with E-state index in [1.807, 2.05) is 24.3 Å². The lowest BCUT2D eigenvalue weighted by Gasteiger charge is -2.16. The van der Waals surface area contributed by atoms with Crippen LogP contribution in [0, 0.1) is 0 Å². The van der Waals surface area contributed by atoms with E-state index in [0.717, 1.165) is 16.8 Å². The Balaban J connectivity index is 1.89. The number of H-pyrrole nitrogens is 1. The summed E-state index contributed by atoms with van der Waals surface area (Å²) < 4.78 is 1.61. The van der Waals surface area contributed by atoms with Gasteiger partial charge < -0.3 is 5.32 Å². The molecule has 126 valence electrons. The number of hydrogen-bond donors (Lipinski definition) is 2. The number of carbonyl (C=O) groups is 1. The quantitative estimate of drug-likeness (QED) is 0.764. The molecule has 0 bridgehead atoms. The highest BCUT2D eigenvalue weighted by Gasteiger charge is 2.24. The molecule has 24 heavy (non-hydrogen) atoms. The van der Waals surface area contributed by atoms with Crippen LogP contribution in [0.15, 0.2) is 24.3 Å². The minimum atomic E-state index is -0.106. The summed E-state index contributed by atoms with van der Waals surface area (Å²) >= 11 is 6.44. The summed E-state index contributed by atoms with van der Waals surface area (Å²) in [5.74, 6) is 0.558. The van der Waals surface area contributed by atoms with Crippen LogP contribution in [-0.2, 0) is 16.8 Å². The van der Waals surface area contributed by atoms with Crippen molar-refractivity contribution in [3.05, 3.63) is 40.5 Å². The van der Waals surface area contributed by atoms with E-state index in [0.29, 0.717) is 23.0 Å². The highest BCUT2D eigenvalue weighted by atomic mass is 35.5. The Labute approximate surface area is 145 Å². The lowest BCUT2D eigenvalue weighted by molar-refractivity contribution is -0.119. The molecule has 0 aliphatic heterocycles. The molecular weight excluding hydrogens is 326 g/mol. The van der Waals surface area contributed by atoms with Gasteiger partial charge in [-0.2, -0.15) is 4.63 Å². The number of aromatic nitrogens is 4. The van der Waals surface area contributed by atoms with Gasteiger partial charge in [-0.1, -0.05) is 56.6 Å². The van der Waals surface area contributed by atoms with Crippen molar-refractivity contribution < 1.29 is 4.79 Å². The largest absolute Gasteiger partial charge is 0.352 e. The van der Waals surface area contributed by atoms with Crippen molar-refractivity contribution in [2.24, 2.45) is 0 Å². The molecule has 6 nitrogen and oxygen atoms in total. The molecule has 0 aliphatic rings. The Morgan fingerprint density at radius 3 is 2.50 bits per heavy atom. The lowest BCUT2D eigenvalue weighted by atomic mass is 9.92. The number of aromatic amines is 1. The van der Waals surface area contributed by atoms with Gasteiger partial charge in [-0.25, -0.2) is 4.98 Å². The molecule has 0 saturated carbocycles. The Morgan fingerprint density at radius 1 is 1.29 bits per heavy atom. The van der Waals surface area contributed by atoms with Gasteiger partial charge in [-0.15, -0.1) is 5.10 Å². The van der Waals surface area contributed by atoms with E-state index in [1.54, 1.807) is 4.63 Å². The first-order valence-electron chi connectivity index (χ1n) is 7.74. The van der Waals surface area contributed by atoms with E-state index in [1.165, 1.54) is 6.92 Å². The van der Waals surface area contributed by atoms with Crippen molar-refractivity contribution in [3.8, 4) is 11.4 Å². The second-order valence-electron chi connectivity index (χ2n) is 6.83. The van der Waals surface area contributed by atoms with Gasteiger partial charge in [0.25, 0.3) is 0 Å². The number of fused-ring (bicyclic) bond motifs is 1. The van der Waals surface area contributed by atoms with Crippen LogP contribution in [0.3, 0.4) is 0 Å². The number of hydrogen-bond acceptors (Lipinski definition) is 3. The Morgan fingerprint density at radius 2 is 1.96 bits per heavy atom. The number of rotatable bonds is 3. The van der Waals surface area contributed by atoms with Crippen LogP contribution in [0.25, 0.3) is 17.0 Å². The monoisotopic (exact) mass is 345 g/mol. The fourth-order valence-corrected chi connectivity index (χ4v) is 2.86. The number of benzene rings is 1. The van der Waals surface area contributed by atoms with Crippen molar-refractivity contribution in [1.82, 2.24) is 25.1 Å². The van der Waals surface area contributed by atoms with Crippen LogP contribution >= 0.6 is 11.6 Å². The fourth-order valence-electron chi connectivity index (χ4n) is 2.42. The molecule has 3 aromatic rings. The van der Waals surface area contributed by atoms with Crippen molar-refractivity contribution >= 4 is 23.2 Å². The highest BCUT2D eigenvalue weighted by Crippen LogP contribution is 2.31. The maximum atomic E-state index is 11.0. The van der Waals surface area contributed by atoms with E-state index in [9.17, 15) is 4.79 Å². The second kappa shape index (κ2) is 5.94. The van der Waals surface area contributed by atoms with Crippen molar-refractivity contribution in [2.75, 3.05) is 0 Å². The normalized spacial score (nSPS) is 11.9. The van der Waals surface area contributed by atoms with E-state index < -0.39 is 0 Å². The molecule has 0 aliphatic carbocycles. The molecule has 1 aromatic carbocycles. The smallest absolute Gasteiger partial charge is 0.217 e. The molecule has 0 fully saturated rings. The summed E-state index contributed by atoms with van der Waals surface area (Å²) in [6.45, 7) is 8.26. The zero-order chi connectivity index (χ0) is 17.5. The first kappa shape index (κ1) is 16.5. The first-order valence-corrected chi connectivity index (χ1v) is 8.12. The van der Waals surface area contributed by atoms with Gasteiger partial charge >= 0.3 is 0 Å². The van der Waals surface area contributed by atoms with Gasteiger partial charge in [0.05, 0.1) is 5.69 Å². The number of nitrogens with one attached hydrogen (secondary N) is 2. The maximum Gasteiger partial charge on any atom is 0.217 e.